The predicted molar refractivity (Wildman–Crippen MR) is 60.1 cm³/mol. The summed E-state index contributed by atoms with van der Waals surface area (Å²) in [6.45, 7) is 2.03. The summed E-state index contributed by atoms with van der Waals surface area (Å²) in [4.78, 5) is 0. The zero-order valence-corrected chi connectivity index (χ0v) is 9.89. The van der Waals surface area contributed by atoms with Crippen molar-refractivity contribution < 1.29 is 4.42 Å². The lowest BCUT2D eigenvalue weighted by atomic mass is 10.4. The molecule has 0 saturated carbocycles. The Bertz CT molecular complexity index is 454. The average molecular weight is 244 g/mol. The minimum Gasteiger partial charge on any atom is -0.442 e. The second-order valence-corrected chi connectivity index (χ2v) is 4.44. The lowest BCUT2D eigenvalue weighted by Crippen LogP contribution is -2.11. The molecule has 0 aromatic carbocycles. The van der Waals surface area contributed by atoms with E-state index in [0.29, 0.717) is 11.0 Å². The Labute approximate surface area is 96.3 Å². The molecule has 80 valence electrons. The Balaban J connectivity index is 2.27. The molecule has 1 unspecified atom stereocenters. The van der Waals surface area contributed by atoms with Crippen LogP contribution in [0.1, 0.15) is 18.0 Å². The van der Waals surface area contributed by atoms with Crippen LogP contribution in [0.15, 0.2) is 16.5 Å². The Kier molecular flexibility index (Phi) is 3.04. The number of halogens is 1. The van der Waals surface area contributed by atoms with E-state index in [0.717, 1.165) is 10.0 Å². The number of nitrogens with one attached hydrogen (secondary N) is 1. The summed E-state index contributed by atoms with van der Waals surface area (Å²) < 4.78 is 5.25. The van der Waals surface area contributed by atoms with Crippen molar-refractivity contribution in [2.75, 3.05) is 7.05 Å². The molecule has 15 heavy (non-hydrogen) atoms. The molecule has 2 rings (SSSR count). The van der Waals surface area contributed by atoms with Crippen LogP contribution in [-0.4, -0.2) is 17.2 Å². The highest BCUT2D eigenvalue weighted by molar-refractivity contribution is 7.14. The summed E-state index contributed by atoms with van der Waals surface area (Å²) in [5, 5.41) is 13.3. The molecule has 4 nitrogen and oxygen atoms in total. The third-order valence-electron chi connectivity index (χ3n) is 2.03. The van der Waals surface area contributed by atoms with Crippen LogP contribution in [0.3, 0.4) is 0 Å². The van der Waals surface area contributed by atoms with Gasteiger partial charge in [0.25, 0.3) is 0 Å². The molecule has 0 bridgehead atoms. The molecule has 0 spiro atoms. The van der Waals surface area contributed by atoms with Crippen LogP contribution in [0.5, 0.6) is 0 Å². The quantitative estimate of drug-likeness (QED) is 0.901. The SMILES string of the molecule is CNC(C)c1nnc(-c2ccc(Cl)o2)s1. The van der Waals surface area contributed by atoms with Gasteiger partial charge in [0.1, 0.15) is 5.01 Å². The van der Waals surface area contributed by atoms with Crippen molar-refractivity contribution in [1.29, 1.82) is 0 Å². The van der Waals surface area contributed by atoms with Crippen molar-refractivity contribution in [3.05, 3.63) is 22.4 Å². The Morgan fingerprint density at radius 1 is 1.47 bits per heavy atom. The second-order valence-electron chi connectivity index (χ2n) is 3.06. The van der Waals surface area contributed by atoms with Crippen molar-refractivity contribution in [2.24, 2.45) is 0 Å². The number of hydrogen-bond donors (Lipinski definition) is 1. The van der Waals surface area contributed by atoms with Crippen LogP contribution < -0.4 is 5.32 Å². The first-order valence-electron chi connectivity index (χ1n) is 4.47. The molecule has 0 aliphatic rings. The molecule has 1 atom stereocenters. The summed E-state index contributed by atoms with van der Waals surface area (Å²) >= 11 is 7.18. The fraction of sp³-hybridized carbons (Fsp3) is 0.333. The van der Waals surface area contributed by atoms with Crippen LogP contribution in [0.2, 0.25) is 5.22 Å². The highest BCUT2D eigenvalue weighted by Gasteiger charge is 2.13. The van der Waals surface area contributed by atoms with Crippen LogP contribution >= 0.6 is 22.9 Å². The fourth-order valence-electron chi connectivity index (χ4n) is 1.06. The van der Waals surface area contributed by atoms with Gasteiger partial charge in [-0.15, -0.1) is 10.2 Å². The molecule has 0 aliphatic heterocycles. The molecule has 0 aliphatic carbocycles. The molecule has 0 amide bonds. The van der Waals surface area contributed by atoms with Crippen molar-refractivity contribution in [1.82, 2.24) is 15.5 Å². The van der Waals surface area contributed by atoms with E-state index in [1.54, 1.807) is 12.1 Å². The van der Waals surface area contributed by atoms with E-state index < -0.39 is 0 Å². The number of furan rings is 1. The van der Waals surface area contributed by atoms with Gasteiger partial charge in [-0.2, -0.15) is 0 Å². The van der Waals surface area contributed by atoms with E-state index in [9.17, 15) is 0 Å². The first-order chi connectivity index (χ1) is 7.20. The zero-order chi connectivity index (χ0) is 10.8. The smallest absolute Gasteiger partial charge is 0.194 e. The fourth-order valence-corrected chi connectivity index (χ4v) is 2.07. The number of hydrogen-bond acceptors (Lipinski definition) is 5. The van der Waals surface area contributed by atoms with Crippen LogP contribution in [0, 0.1) is 0 Å². The van der Waals surface area contributed by atoms with Gasteiger partial charge in [-0.05, 0) is 37.7 Å². The summed E-state index contributed by atoms with van der Waals surface area (Å²) in [7, 11) is 1.88. The number of nitrogens with zero attached hydrogens (tertiary/aromatic N) is 2. The summed E-state index contributed by atoms with van der Waals surface area (Å²) in [5.74, 6) is 0.659. The van der Waals surface area contributed by atoms with Gasteiger partial charge >= 0.3 is 0 Å². The van der Waals surface area contributed by atoms with Crippen molar-refractivity contribution in [2.45, 2.75) is 13.0 Å². The molecule has 0 radical (unpaired) electrons. The standard InChI is InChI=1S/C9H10ClN3OS/c1-5(11-2)8-12-13-9(15-8)6-3-4-7(10)14-6/h3-5,11H,1-2H3. The predicted octanol–water partition coefficient (Wildman–Crippen LogP) is 2.73. The maximum absolute atomic E-state index is 5.68. The van der Waals surface area contributed by atoms with E-state index in [-0.39, 0.29) is 6.04 Å². The van der Waals surface area contributed by atoms with Gasteiger partial charge in [-0.25, -0.2) is 0 Å². The molecule has 2 aromatic rings. The molecule has 0 fully saturated rings. The van der Waals surface area contributed by atoms with Gasteiger partial charge < -0.3 is 9.73 Å². The molecule has 2 heterocycles. The Morgan fingerprint density at radius 2 is 2.27 bits per heavy atom. The van der Waals surface area contributed by atoms with Gasteiger partial charge in [-0.3, -0.25) is 0 Å². The molecular weight excluding hydrogens is 234 g/mol. The molecule has 1 N–H and O–H groups in total. The van der Waals surface area contributed by atoms with Crippen molar-refractivity contribution in [3.63, 3.8) is 0 Å². The normalized spacial score (nSPS) is 13.0. The van der Waals surface area contributed by atoms with E-state index in [1.165, 1.54) is 11.3 Å². The molecule has 0 saturated heterocycles. The summed E-state index contributed by atoms with van der Waals surface area (Å²) in [5.41, 5.74) is 0. The average Bonchev–Trinajstić information content (AvgIpc) is 2.84. The van der Waals surface area contributed by atoms with Gasteiger partial charge in [0.05, 0.1) is 6.04 Å². The highest BCUT2D eigenvalue weighted by atomic mass is 35.5. The van der Waals surface area contributed by atoms with E-state index in [4.69, 9.17) is 16.0 Å². The van der Waals surface area contributed by atoms with Crippen molar-refractivity contribution in [3.8, 4) is 10.8 Å². The lowest BCUT2D eigenvalue weighted by molar-refractivity contribution is 0.583. The Morgan fingerprint density at radius 3 is 2.87 bits per heavy atom. The third-order valence-corrected chi connectivity index (χ3v) is 3.35. The molecule has 2 aromatic heterocycles. The van der Waals surface area contributed by atoms with E-state index >= 15 is 0 Å². The number of rotatable bonds is 3. The summed E-state index contributed by atoms with van der Waals surface area (Å²) in [6, 6.07) is 3.68. The first kappa shape index (κ1) is 10.6. The maximum atomic E-state index is 5.68. The maximum Gasteiger partial charge on any atom is 0.194 e. The van der Waals surface area contributed by atoms with Crippen LogP contribution in [0.25, 0.3) is 10.8 Å². The Hall–Kier alpha value is -0.910. The van der Waals surface area contributed by atoms with Crippen LogP contribution in [-0.2, 0) is 0 Å². The summed E-state index contributed by atoms with van der Waals surface area (Å²) in [6.07, 6.45) is 0. The largest absolute Gasteiger partial charge is 0.442 e. The van der Waals surface area contributed by atoms with Crippen molar-refractivity contribution >= 4 is 22.9 Å². The van der Waals surface area contributed by atoms with E-state index in [1.807, 2.05) is 14.0 Å². The van der Waals surface area contributed by atoms with Crippen LogP contribution in [0.4, 0.5) is 0 Å². The second kappa shape index (κ2) is 4.30. The zero-order valence-electron chi connectivity index (χ0n) is 8.32. The minimum absolute atomic E-state index is 0.196. The highest BCUT2D eigenvalue weighted by Crippen LogP contribution is 2.29. The van der Waals surface area contributed by atoms with Gasteiger partial charge in [0.2, 0.25) is 0 Å². The first-order valence-corrected chi connectivity index (χ1v) is 5.66. The lowest BCUT2D eigenvalue weighted by Gasteiger charge is -2.02. The van der Waals surface area contributed by atoms with E-state index in [2.05, 4.69) is 15.5 Å². The monoisotopic (exact) mass is 243 g/mol. The minimum atomic E-state index is 0.196. The topological polar surface area (TPSA) is 51.0 Å². The van der Waals surface area contributed by atoms with Gasteiger partial charge in [0.15, 0.2) is 16.0 Å². The van der Waals surface area contributed by atoms with Gasteiger partial charge in [0, 0.05) is 0 Å². The van der Waals surface area contributed by atoms with Gasteiger partial charge in [-0.1, -0.05) is 11.3 Å². The number of aromatic nitrogens is 2. The third kappa shape index (κ3) is 2.19. The molecule has 6 heteroatoms. The molecular formula is C9H10ClN3OS.